The minimum absolute atomic E-state index is 0. The molecule has 9 heteroatoms. The summed E-state index contributed by atoms with van der Waals surface area (Å²) in [7, 11) is 1.68. The Balaban J connectivity index is 0.00000289. The van der Waals surface area contributed by atoms with Crippen LogP contribution in [0.4, 0.5) is 0 Å². The number of aryl methyl sites for hydroxylation is 1. The van der Waals surface area contributed by atoms with Gasteiger partial charge in [0.2, 0.25) is 0 Å². The highest BCUT2D eigenvalue weighted by molar-refractivity contribution is 14.0. The van der Waals surface area contributed by atoms with Gasteiger partial charge >= 0.3 is 0 Å². The highest BCUT2D eigenvalue weighted by Crippen LogP contribution is 2.20. The quantitative estimate of drug-likeness (QED) is 0.297. The van der Waals surface area contributed by atoms with Crippen LogP contribution in [0.5, 0.6) is 0 Å². The molecule has 2 aromatic rings. The van der Waals surface area contributed by atoms with E-state index >= 15 is 0 Å². The van der Waals surface area contributed by atoms with Crippen molar-refractivity contribution in [3.8, 4) is 0 Å². The van der Waals surface area contributed by atoms with Crippen molar-refractivity contribution in [1.82, 2.24) is 30.3 Å². The van der Waals surface area contributed by atoms with Gasteiger partial charge in [-0.2, -0.15) is 5.10 Å². The summed E-state index contributed by atoms with van der Waals surface area (Å²) >= 11 is 0. The Morgan fingerprint density at radius 1 is 1.25 bits per heavy atom. The number of rotatable bonds is 8. The average Bonchev–Trinajstić information content (AvgIpc) is 3.39. The van der Waals surface area contributed by atoms with Gasteiger partial charge in [-0.05, 0) is 38.3 Å². The predicted octanol–water partition coefficient (Wildman–Crippen LogP) is 2.58. The van der Waals surface area contributed by atoms with Gasteiger partial charge in [-0.15, -0.1) is 24.0 Å². The fourth-order valence-electron chi connectivity index (χ4n) is 4.51. The van der Waals surface area contributed by atoms with Gasteiger partial charge in [-0.3, -0.25) is 9.89 Å². The number of aromatic nitrogens is 3. The van der Waals surface area contributed by atoms with Gasteiger partial charge in [-0.25, -0.2) is 9.67 Å². The second-order valence-corrected chi connectivity index (χ2v) is 8.41. The SMILES string of the molecule is CCNC(=NCC1CCCN1Cc1ccccc1)NC1CCc2nc(COC)nn2C1.I. The minimum Gasteiger partial charge on any atom is -0.377 e. The van der Waals surface area contributed by atoms with Crippen molar-refractivity contribution in [3.05, 3.63) is 47.5 Å². The van der Waals surface area contributed by atoms with Crippen LogP contribution in [0.2, 0.25) is 0 Å². The molecule has 0 saturated carbocycles. The molecule has 1 aromatic carbocycles. The topological polar surface area (TPSA) is 79.6 Å². The molecular weight excluding hydrogens is 517 g/mol. The molecule has 3 heterocycles. The smallest absolute Gasteiger partial charge is 0.191 e. The van der Waals surface area contributed by atoms with Gasteiger partial charge in [0.15, 0.2) is 11.8 Å². The van der Waals surface area contributed by atoms with Crippen LogP contribution in [0.15, 0.2) is 35.3 Å². The summed E-state index contributed by atoms with van der Waals surface area (Å²) in [6, 6.07) is 11.5. The monoisotopic (exact) mass is 553 g/mol. The van der Waals surface area contributed by atoms with Gasteiger partial charge in [0.25, 0.3) is 0 Å². The summed E-state index contributed by atoms with van der Waals surface area (Å²) < 4.78 is 7.18. The number of aliphatic imine (C=N–C) groups is 1. The van der Waals surface area contributed by atoms with Crippen LogP contribution in [-0.4, -0.2) is 64.5 Å². The van der Waals surface area contributed by atoms with Gasteiger partial charge in [0, 0.05) is 38.7 Å². The minimum atomic E-state index is 0. The fourth-order valence-corrected chi connectivity index (χ4v) is 4.51. The van der Waals surface area contributed by atoms with Crippen LogP contribution >= 0.6 is 24.0 Å². The largest absolute Gasteiger partial charge is 0.377 e. The van der Waals surface area contributed by atoms with Crippen LogP contribution in [0.25, 0.3) is 0 Å². The van der Waals surface area contributed by atoms with E-state index in [0.717, 1.165) is 63.2 Å². The van der Waals surface area contributed by atoms with Crippen LogP contribution in [0, 0.1) is 0 Å². The summed E-state index contributed by atoms with van der Waals surface area (Å²) in [5.74, 6) is 2.72. The first-order valence-corrected chi connectivity index (χ1v) is 11.5. The van der Waals surface area contributed by atoms with E-state index in [1.807, 2.05) is 4.68 Å². The molecule has 1 fully saturated rings. The number of hydrogen-bond acceptors (Lipinski definition) is 5. The number of guanidine groups is 1. The maximum atomic E-state index is 5.17. The Kier molecular flexibility index (Phi) is 9.73. The first kappa shape index (κ1) is 24.9. The molecule has 176 valence electrons. The summed E-state index contributed by atoms with van der Waals surface area (Å²) in [6.07, 6.45) is 4.41. The number of likely N-dealkylation sites (tertiary alicyclic amines) is 1. The average molecular weight is 553 g/mol. The van der Waals surface area contributed by atoms with Crippen LogP contribution < -0.4 is 10.6 Å². The van der Waals surface area contributed by atoms with Crippen LogP contribution in [-0.2, 0) is 30.9 Å². The molecule has 32 heavy (non-hydrogen) atoms. The Morgan fingerprint density at radius 3 is 2.88 bits per heavy atom. The normalized spacial score (nSPS) is 21.1. The molecule has 2 aliphatic heterocycles. The summed E-state index contributed by atoms with van der Waals surface area (Å²) in [5, 5.41) is 11.6. The number of nitrogens with zero attached hydrogens (tertiary/aromatic N) is 5. The van der Waals surface area contributed by atoms with E-state index in [1.54, 1.807) is 7.11 Å². The van der Waals surface area contributed by atoms with Crippen LogP contribution in [0.1, 0.15) is 43.4 Å². The van der Waals surface area contributed by atoms with Crippen molar-refractivity contribution < 1.29 is 4.74 Å². The molecule has 0 aliphatic carbocycles. The summed E-state index contributed by atoms with van der Waals surface area (Å²) in [6.45, 7) is 7.21. The van der Waals surface area contributed by atoms with E-state index in [-0.39, 0.29) is 24.0 Å². The Labute approximate surface area is 208 Å². The molecule has 8 nitrogen and oxygen atoms in total. The highest BCUT2D eigenvalue weighted by Gasteiger charge is 2.25. The molecule has 1 saturated heterocycles. The fraction of sp³-hybridized carbons (Fsp3) is 0.609. The van der Waals surface area contributed by atoms with Gasteiger partial charge < -0.3 is 15.4 Å². The molecule has 0 spiro atoms. The lowest BCUT2D eigenvalue weighted by atomic mass is 10.1. The van der Waals surface area contributed by atoms with E-state index in [0.29, 0.717) is 18.7 Å². The molecule has 0 radical (unpaired) electrons. The Hall–Kier alpha value is -1.72. The number of halogens is 1. The van der Waals surface area contributed by atoms with E-state index in [9.17, 15) is 0 Å². The first-order valence-electron chi connectivity index (χ1n) is 11.5. The van der Waals surface area contributed by atoms with Crippen molar-refractivity contribution >= 4 is 29.9 Å². The Bertz CT molecular complexity index is 857. The maximum Gasteiger partial charge on any atom is 0.191 e. The standard InChI is InChI=1S/C23H35N7O.HI/c1-3-24-23(26-19-11-12-22-27-21(17-31-2)28-30(22)16-19)25-14-20-10-7-13-29(20)15-18-8-5-4-6-9-18;/h4-6,8-9,19-20H,3,7,10-17H2,1-2H3,(H2,24,25,26);1H. The molecule has 2 aliphatic rings. The number of fused-ring (bicyclic) bond motifs is 1. The van der Waals surface area contributed by atoms with Crippen molar-refractivity contribution in [2.45, 2.75) is 64.4 Å². The molecule has 2 N–H and O–H groups in total. The van der Waals surface area contributed by atoms with Crippen molar-refractivity contribution in [2.75, 3.05) is 26.7 Å². The molecule has 0 amide bonds. The summed E-state index contributed by atoms with van der Waals surface area (Å²) in [4.78, 5) is 12.1. The maximum absolute atomic E-state index is 5.17. The first-order chi connectivity index (χ1) is 15.2. The molecule has 4 rings (SSSR count). The molecule has 1 aromatic heterocycles. The number of nitrogens with one attached hydrogen (secondary N) is 2. The molecular formula is C23H36IN7O. The number of hydrogen-bond donors (Lipinski definition) is 2. The van der Waals surface area contributed by atoms with E-state index in [2.05, 4.69) is 62.9 Å². The van der Waals surface area contributed by atoms with E-state index < -0.39 is 0 Å². The zero-order valence-electron chi connectivity index (χ0n) is 19.2. The van der Waals surface area contributed by atoms with Crippen LogP contribution in [0.3, 0.4) is 0 Å². The zero-order chi connectivity index (χ0) is 21.5. The third-order valence-corrected chi connectivity index (χ3v) is 6.05. The highest BCUT2D eigenvalue weighted by atomic mass is 127. The lowest BCUT2D eigenvalue weighted by molar-refractivity contribution is 0.177. The lowest BCUT2D eigenvalue weighted by Crippen LogP contribution is -2.47. The second kappa shape index (κ2) is 12.5. The number of benzene rings is 1. The third kappa shape index (κ3) is 6.64. The zero-order valence-corrected chi connectivity index (χ0v) is 21.5. The third-order valence-electron chi connectivity index (χ3n) is 6.05. The van der Waals surface area contributed by atoms with E-state index in [4.69, 9.17) is 9.73 Å². The van der Waals surface area contributed by atoms with Gasteiger partial charge in [0.05, 0.1) is 13.1 Å². The second-order valence-electron chi connectivity index (χ2n) is 8.41. The van der Waals surface area contributed by atoms with Gasteiger partial charge in [0.1, 0.15) is 12.4 Å². The summed E-state index contributed by atoms with van der Waals surface area (Å²) in [5.41, 5.74) is 1.38. The van der Waals surface area contributed by atoms with Crippen molar-refractivity contribution in [3.63, 3.8) is 0 Å². The molecule has 0 bridgehead atoms. The number of methoxy groups -OCH3 is 1. The molecule has 2 atom stereocenters. The Morgan fingerprint density at radius 2 is 2.09 bits per heavy atom. The number of ether oxygens (including phenoxy) is 1. The van der Waals surface area contributed by atoms with Crippen molar-refractivity contribution in [2.24, 2.45) is 4.99 Å². The van der Waals surface area contributed by atoms with E-state index in [1.165, 1.54) is 18.4 Å². The molecule has 2 unspecified atom stereocenters. The van der Waals surface area contributed by atoms with Gasteiger partial charge in [-0.1, -0.05) is 30.3 Å². The predicted molar refractivity (Wildman–Crippen MR) is 137 cm³/mol. The lowest BCUT2D eigenvalue weighted by Gasteiger charge is -2.26. The van der Waals surface area contributed by atoms with Crippen molar-refractivity contribution in [1.29, 1.82) is 0 Å².